The molecule has 1 saturated carbocycles. The number of aromatic nitrogens is 2. The molecule has 3 atom stereocenters. The summed E-state index contributed by atoms with van der Waals surface area (Å²) < 4.78 is 10.4. The van der Waals surface area contributed by atoms with Gasteiger partial charge in [-0.3, -0.25) is 0 Å². The predicted octanol–water partition coefficient (Wildman–Crippen LogP) is 1.76. The average Bonchev–Trinajstić information content (AvgIpc) is 2.78. The van der Waals surface area contributed by atoms with Crippen molar-refractivity contribution in [3.05, 3.63) is 11.7 Å². The van der Waals surface area contributed by atoms with Gasteiger partial charge in [0, 0.05) is 13.2 Å². The van der Waals surface area contributed by atoms with Crippen LogP contribution in [0.5, 0.6) is 0 Å². The Balaban J connectivity index is 2.11. The van der Waals surface area contributed by atoms with Gasteiger partial charge in [-0.05, 0) is 19.8 Å². The van der Waals surface area contributed by atoms with Gasteiger partial charge in [0.25, 0.3) is 0 Å². The Hall–Kier alpha value is -0.940. The molecule has 0 aromatic carbocycles. The minimum atomic E-state index is -0.127. The van der Waals surface area contributed by atoms with E-state index in [4.69, 9.17) is 15.0 Å². The van der Waals surface area contributed by atoms with E-state index in [2.05, 4.69) is 10.1 Å². The summed E-state index contributed by atoms with van der Waals surface area (Å²) in [5.41, 5.74) is 6.07. The molecule has 2 rings (SSSR count). The molecule has 5 nitrogen and oxygen atoms in total. The highest BCUT2D eigenvalue weighted by Gasteiger charge is 2.28. The van der Waals surface area contributed by atoms with Crippen molar-refractivity contribution < 1.29 is 9.26 Å². The normalized spacial score (nSPS) is 27.9. The molecule has 0 bridgehead atoms. The van der Waals surface area contributed by atoms with Crippen molar-refractivity contribution in [2.75, 3.05) is 7.11 Å². The molecule has 1 aliphatic carbocycles. The van der Waals surface area contributed by atoms with Gasteiger partial charge in [-0.15, -0.1) is 0 Å². The fraction of sp³-hybridized carbons (Fsp3) is 0.818. The van der Waals surface area contributed by atoms with Crippen LogP contribution in [0.25, 0.3) is 0 Å². The summed E-state index contributed by atoms with van der Waals surface area (Å²) in [5.74, 6) is 1.50. The molecular weight excluding hydrogens is 206 g/mol. The molecule has 0 saturated heterocycles. The Labute approximate surface area is 95.3 Å². The van der Waals surface area contributed by atoms with Crippen LogP contribution in [-0.4, -0.2) is 23.3 Å². The number of rotatable bonds is 3. The summed E-state index contributed by atoms with van der Waals surface area (Å²) in [6, 6.07) is 0.153. The second-order valence-corrected chi connectivity index (χ2v) is 4.42. The van der Waals surface area contributed by atoms with Gasteiger partial charge in [-0.25, -0.2) is 0 Å². The molecule has 1 aliphatic rings. The average molecular weight is 225 g/mol. The molecule has 1 fully saturated rings. The first-order valence-electron chi connectivity index (χ1n) is 5.84. The first-order chi connectivity index (χ1) is 7.72. The Bertz CT molecular complexity index is 340. The highest BCUT2D eigenvalue weighted by atomic mass is 16.5. The van der Waals surface area contributed by atoms with Gasteiger partial charge in [0.05, 0.1) is 5.92 Å². The lowest BCUT2D eigenvalue weighted by Gasteiger charge is -2.25. The van der Waals surface area contributed by atoms with Crippen LogP contribution in [0, 0.1) is 0 Å². The fourth-order valence-electron chi connectivity index (χ4n) is 2.13. The molecule has 1 heterocycles. The summed E-state index contributed by atoms with van der Waals surface area (Å²) >= 11 is 0. The SMILES string of the molecule is COC(C)c1noc(C2CCCCC2N)n1. The zero-order valence-electron chi connectivity index (χ0n) is 9.85. The summed E-state index contributed by atoms with van der Waals surface area (Å²) in [6.45, 7) is 1.90. The standard InChI is InChI=1S/C11H19N3O2/c1-7(15-2)10-13-11(16-14-10)8-5-3-4-6-9(8)12/h7-9H,3-6,12H2,1-2H3. The summed E-state index contributed by atoms with van der Waals surface area (Å²) in [5, 5.41) is 3.93. The van der Waals surface area contributed by atoms with E-state index in [0.717, 1.165) is 12.8 Å². The maximum absolute atomic E-state index is 6.07. The fourth-order valence-corrected chi connectivity index (χ4v) is 2.13. The van der Waals surface area contributed by atoms with Gasteiger partial charge in [0.1, 0.15) is 6.10 Å². The van der Waals surface area contributed by atoms with Crippen molar-refractivity contribution in [2.45, 2.75) is 50.7 Å². The van der Waals surface area contributed by atoms with Crippen molar-refractivity contribution in [1.29, 1.82) is 0 Å². The second kappa shape index (κ2) is 4.93. The molecule has 2 N–H and O–H groups in total. The van der Waals surface area contributed by atoms with Crippen LogP contribution in [-0.2, 0) is 4.74 Å². The van der Waals surface area contributed by atoms with Crippen LogP contribution in [0.2, 0.25) is 0 Å². The van der Waals surface area contributed by atoms with E-state index in [1.54, 1.807) is 7.11 Å². The minimum Gasteiger partial charge on any atom is -0.374 e. The van der Waals surface area contributed by atoms with Crippen molar-refractivity contribution in [2.24, 2.45) is 5.73 Å². The maximum atomic E-state index is 6.07. The molecule has 0 spiro atoms. The molecule has 0 radical (unpaired) electrons. The Morgan fingerprint density at radius 3 is 2.88 bits per heavy atom. The van der Waals surface area contributed by atoms with Gasteiger partial charge in [0.15, 0.2) is 5.82 Å². The monoisotopic (exact) mass is 225 g/mol. The third-order valence-electron chi connectivity index (χ3n) is 3.31. The number of nitrogens with two attached hydrogens (primary N) is 1. The van der Waals surface area contributed by atoms with E-state index in [-0.39, 0.29) is 18.1 Å². The van der Waals surface area contributed by atoms with Crippen LogP contribution in [0.3, 0.4) is 0 Å². The lowest BCUT2D eigenvalue weighted by molar-refractivity contribution is 0.109. The van der Waals surface area contributed by atoms with E-state index in [0.29, 0.717) is 11.7 Å². The van der Waals surface area contributed by atoms with E-state index >= 15 is 0 Å². The quantitative estimate of drug-likeness (QED) is 0.848. The molecule has 1 aromatic heterocycles. The third-order valence-corrected chi connectivity index (χ3v) is 3.31. The summed E-state index contributed by atoms with van der Waals surface area (Å²) in [7, 11) is 1.63. The van der Waals surface area contributed by atoms with Gasteiger partial charge in [-0.2, -0.15) is 4.98 Å². The number of hydrogen-bond donors (Lipinski definition) is 1. The van der Waals surface area contributed by atoms with Gasteiger partial charge in [0.2, 0.25) is 5.89 Å². The van der Waals surface area contributed by atoms with Crippen LogP contribution in [0.1, 0.15) is 56.3 Å². The van der Waals surface area contributed by atoms with Crippen LogP contribution in [0.15, 0.2) is 4.52 Å². The lowest BCUT2D eigenvalue weighted by Crippen LogP contribution is -2.31. The molecule has 3 unspecified atom stereocenters. The van der Waals surface area contributed by atoms with E-state index < -0.39 is 0 Å². The Morgan fingerprint density at radius 1 is 1.44 bits per heavy atom. The second-order valence-electron chi connectivity index (χ2n) is 4.42. The molecule has 90 valence electrons. The van der Waals surface area contributed by atoms with Crippen LogP contribution < -0.4 is 5.73 Å². The molecule has 5 heteroatoms. The molecular formula is C11H19N3O2. The third kappa shape index (κ3) is 2.25. The molecule has 16 heavy (non-hydrogen) atoms. The van der Waals surface area contributed by atoms with Crippen molar-refractivity contribution in [3.63, 3.8) is 0 Å². The minimum absolute atomic E-state index is 0.127. The highest BCUT2D eigenvalue weighted by molar-refractivity contribution is 5.01. The maximum Gasteiger partial charge on any atom is 0.231 e. The summed E-state index contributed by atoms with van der Waals surface area (Å²) in [4.78, 5) is 4.37. The highest BCUT2D eigenvalue weighted by Crippen LogP contribution is 2.31. The smallest absolute Gasteiger partial charge is 0.231 e. The zero-order valence-corrected chi connectivity index (χ0v) is 9.85. The lowest BCUT2D eigenvalue weighted by atomic mass is 9.85. The Kier molecular flexibility index (Phi) is 3.56. The van der Waals surface area contributed by atoms with Crippen molar-refractivity contribution >= 4 is 0 Å². The molecule has 1 aromatic rings. The topological polar surface area (TPSA) is 74.2 Å². The van der Waals surface area contributed by atoms with E-state index in [9.17, 15) is 0 Å². The van der Waals surface area contributed by atoms with Gasteiger partial charge >= 0.3 is 0 Å². The first-order valence-corrected chi connectivity index (χ1v) is 5.84. The van der Waals surface area contributed by atoms with E-state index in [1.807, 2.05) is 6.92 Å². The number of hydrogen-bond acceptors (Lipinski definition) is 5. The number of nitrogens with zero attached hydrogens (tertiary/aromatic N) is 2. The predicted molar refractivity (Wildman–Crippen MR) is 58.9 cm³/mol. The first kappa shape index (κ1) is 11.5. The number of ether oxygens (including phenoxy) is 1. The van der Waals surface area contributed by atoms with Crippen LogP contribution >= 0.6 is 0 Å². The van der Waals surface area contributed by atoms with E-state index in [1.165, 1.54) is 12.8 Å². The molecule has 0 amide bonds. The summed E-state index contributed by atoms with van der Waals surface area (Å²) in [6.07, 6.45) is 4.35. The van der Waals surface area contributed by atoms with Gasteiger partial charge < -0.3 is 15.0 Å². The van der Waals surface area contributed by atoms with Gasteiger partial charge in [-0.1, -0.05) is 18.0 Å². The number of methoxy groups -OCH3 is 1. The molecule has 0 aliphatic heterocycles. The Morgan fingerprint density at radius 2 is 2.19 bits per heavy atom. The van der Waals surface area contributed by atoms with Crippen molar-refractivity contribution in [3.8, 4) is 0 Å². The zero-order chi connectivity index (χ0) is 11.5. The van der Waals surface area contributed by atoms with Crippen molar-refractivity contribution in [1.82, 2.24) is 10.1 Å². The largest absolute Gasteiger partial charge is 0.374 e. The van der Waals surface area contributed by atoms with Crippen LogP contribution in [0.4, 0.5) is 0 Å².